The zero-order valence-corrected chi connectivity index (χ0v) is 19.6. The molecule has 1 atom stereocenters. The molecule has 1 unspecified atom stereocenters. The molecule has 1 amide bonds. The first-order valence-electron chi connectivity index (χ1n) is 11.5. The number of hydrogen-bond donors (Lipinski definition) is 1. The summed E-state index contributed by atoms with van der Waals surface area (Å²) in [5.41, 5.74) is 5.55. The molecule has 1 N–H and O–H groups in total. The van der Waals surface area contributed by atoms with Crippen molar-refractivity contribution in [3.8, 4) is 17.2 Å². The van der Waals surface area contributed by atoms with Gasteiger partial charge in [0.15, 0.2) is 12.2 Å². The molecule has 0 spiro atoms. The Labute approximate surface area is 194 Å². The van der Waals surface area contributed by atoms with Gasteiger partial charge in [0.2, 0.25) is 5.89 Å². The Morgan fingerprint density at radius 3 is 2.48 bits per heavy atom. The van der Waals surface area contributed by atoms with Crippen LogP contribution < -0.4 is 10.1 Å². The van der Waals surface area contributed by atoms with Crippen LogP contribution >= 0.6 is 0 Å². The summed E-state index contributed by atoms with van der Waals surface area (Å²) < 4.78 is 11.6. The Morgan fingerprint density at radius 2 is 1.76 bits per heavy atom. The lowest BCUT2D eigenvalue weighted by atomic mass is 9.98. The van der Waals surface area contributed by atoms with Gasteiger partial charge in [0, 0.05) is 11.3 Å². The lowest BCUT2D eigenvalue weighted by Gasteiger charge is -2.10. The fourth-order valence-electron chi connectivity index (χ4n) is 3.64. The molecular formula is C28H30N2O3. The molecule has 170 valence electrons. The van der Waals surface area contributed by atoms with E-state index in [1.165, 1.54) is 11.1 Å². The van der Waals surface area contributed by atoms with Crippen molar-refractivity contribution in [2.45, 2.75) is 46.0 Å². The summed E-state index contributed by atoms with van der Waals surface area (Å²) in [7, 11) is 0. The lowest BCUT2D eigenvalue weighted by molar-refractivity contribution is -0.118. The van der Waals surface area contributed by atoms with Gasteiger partial charge in [-0.25, -0.2) is 4.98 Å². The highest BCUT2D eigenvalue weighted by Crippen LogP contribution is 2.29. The number of nitrogens with one attached hydrogen (secondary N) is 1. The number of ether oxygens (including phenoxy) is 1. The van der Waals surface area contributed by atoms with Crippen molar-refractivity contribution in [1.82, 2.24) is 4.98 Å². The minimum Gasteiger partial charge on any atom is -0.484 e. The number of carbonyl (C=O) groups excluding carboxylic acids is 1. The van der Waals surface area contributed by atoms with Crippen LogP contribution in [0.1, 0.15) is 57.1 Å². The maximum atomic E-state index is 12.4. The average Bonchev–Trinajstić information content (AvgIpc) is 3.26. The zero-order valence-electron chi connectivity index (χ0n) is 19.6. The van der Waals surface area contributed by atoms with E-state index in [1.54, 1.807) is 0 Å². The molecule has 0 fully saturated rings. The summed E-state index contributed by atoms with van der Waals surface area (Å²) in [5, 5.41) is 2.88. The molecule has 1 aromatic heterocycles. The van der Waals surface area contributed by atoms with Crippen molar-refractivity contribution >= 4 is 22.7 Å². The Kier molecular flexibility index (Phi) is 6.78. The number of nitrogens with zero attached hydrogens (tertiary/aromatic N) is 1. The standard InChI is InChI=1S/C28H30N2O3/c1-5-19(4)21-11-14-26-25(16-21)30-28(33-26)22-7-6-8-23(15-22)29-27(31)17-32-24-12-9-20(10-13-24)18(2)3/h6-16,18-19H,5,17H2,1-4H3,(H,29,31). The molecule has 0 aliphatic rings. The number of hydrogen-bond acceptors (Lipinski definition) is 4. The van der Waals surface area contributed by atoms with Gasteiger partial charge in [-0.3, -0.25) is 4.79 Å². The molecular weight excluding hydrogens is 412 g/mol. The summed E-state index contributed by atoms with van der Waals surface area (Å²) >= 11 is 0. The molecule has 4 aromatic rings. The molecule has 0 aliphatic carbocycles. The van der Waals surface area contributed by atoms with Crippen LogP contribution in [0.25, 0.3) is 22.6 Å². The molecule has 0 saturated carbocycles. The van der Waals surface area contributed by atoms with Crippen LogP contribution in [0.2, 0.25) is 0 Å². The van der Waals surface area contributed by atoms with Crippen LogP contribution in [0, 0.1) is 0 Å². The predicted molar refractivity (Wildman–Crippen MR) is 133 cm³/mol. The number of benzene rings is 3. The predicted octanol–water partition coefficient (Wildman–Crippen LogP) is 7.15. The van der Waals surface area contributed by atoms with Crippen molar-refractivity contribution < 1.29 is 13.9 Å². The Morgan fingerprint density at radius 1 is 1.00 bits per heavy atom. The number of amides is 1. The molecule has 0 aliphatic heterocycles. The smallest absolute Gasteiger partial charge is 0.262 e. The summed E-state index contributed by atoms with van der Waals surface area (Å²) in [5.74, 6) is 1.91. The Balaban J connectivity index is 1.42. The highest BCUT2D eigenvalue weighted by Gasteiger charge is 2.12. The number of carbonyl (C=O) groups is 1. The van der Waals surface area contributed by atoms with Crippen molar-refractivity contribution in [2.24, 2.45) is 0 Å². The number of oxazole rings is 1. The first kappa shape index (κ1) is 22.6. The number of rotatable bonds is 8. The number of aromatic nitrogens is 1. The van der Waals surface area contributed by atoms with Gasteiger partial charge in [-0.05, 0) is 71.8 Å². The third-order valence-corrected chi connectivity index (χ3v) is 5.90. The minimum atomic E-state index is -0.226. The van der Waals surface area contributed by atoms with E-state index in [-0.39, 0.29) is 12.5 Å². The summed E-state index contributed by atoms with van der Waals surface area (Å²) in [6, 6.07) is 21.5. The second kappa shape index (κ2) is 9.90. The van der Waals surface area contributed by atoms with Crippen LogP contribution in [-0.2, 0) is 4.79 Å². The van der Waals surface area contributed by atoms with Gasteiger partial charge in [0.05, 0.1) is 0 Å². The maximum absolute atomic E-state index is 12.4. The Hall–Kier alpha value is -3.60. The minimum absolute atomic E-state index is 0.0630. The first-order chi connectivity index (χ1) is 15.9. The summed E-state index contributed by atoms with van der Waals surface area (Å²) in [6.45, 7) is 8.60. The fraction of sp³-hybridized carbons (Fsp3) is 0.286. The van der Waals surface area contributed by atoms with E-state index in [1.807, 2.05) is 54.6 Å². The SMILES string of the molecule is CCC(C)c1ccc2oc(-c3cccc(NC(=O)COc4ccc(C(C)C)cc4)c3)nc2c1. The highest BCUT2D eigenvalue weighted by atomic mass is 16.5. The van der Waals surface area contributed by atoms with Crippen molar-refractivity contribution in [1.29, 1.82) is 0 Å². The molecule has 0 radical (unpaired) electrons. The van der Waals surface area contributed by atoms with Crippen LogP contribution in [0.4, 0.5) is 5.69 Å². The van der Waals surface area contributed by atoms with Crippen molar-refractivity contribution in [3.63, 3.8) is 0 Å². The molecule has 4 rings (SSSR count). The van der Waals surface area contributed by atoms with Crippen LogP contribution in [0.3, 0.4) is 0 Å². The van der Waals surface area contributed by atoms with Gasteiger partial charge < -0.3 is 14.5 Å². The van der Waals surface area contributed by atoms with E-state index in [9.17, 15) is 4.79 Å². The van der Waals surface area contributed by atoms with Crippen LogP contribution in [0.15, 0.2) is 71.1 Å². The second-order valence-electron chi connectivity index (χ2n) is 8.70. The van der Waals surface area contributed by atoms with E-state index in [4.69, 9.17) is 9.15 Å². The first-order valence-corrected chi connectivity index (χ1v) is 11.5. The molecule has 1 heterocycles. The number of fused-ring (bicyclic) bond motifs is 1. The quantitative estimate of drug-likeness (QED) is 0.315. The molecule has 33 heavy (non-hydrogen) atoms. The molecule has 3 aromatic carbocycles. The van der Waals surface area contributed by atoms with Gasteiger partial charge >= 0.3 is 0 Å². The lowest BCUT2D eigenvalue weighted by Crippen LogP contribution is -2.20. The van der Waals surface area contributed by atoms with Crippen LogP contribution in [-0.4, -0.2) is 17.5 Å². The van der Waals surface area contributed by atoms with E-state index in [2.05, 4.69) is 50.1 Å². The zero-order chi connectivity index (χ0) is 23.4. The number of anilines is 1. The normalized spacial score (nSPS) is 12.2. The summed E-state index contributed by atoms with van der Waals surface area (Å²) in [4.78, 5) is 17.1. The largest absolute Gasteiger partial charge is 0.484 e. The van der Waals surface area contributed by atoms with Crippen LogP contribution in [0.5, 0.6) is 5.75 Å². The molecule has 5 heteroatoms. The fourth-order valence-corrected chi connectivity index (χ4v) is 3.64. The third kappa shape index (κ3) is 5.43. The third-order valence-electron chi connectivity index (χ3n) is 5.90. The molecule has 0 bridgehead atoms. The van der Waals surface area contributed by atoms with Gasteiger partial charge in [-0.2, -0.15) is 0 Å². The maximum Gasteiger partial charge on any atom is 0.262 e. The molecule has 0 saturated heterocycles. The van der Waals surface area contributed by atoms with Gasteiger partial charge in [0.25, 0.3) is 5.91 Å². The van der Waals surface area contributed by atoms with E-state index in [0.717, 1.165) is 23.1 Å². The van der Waals surface area contributed by atoms with Crippen molar-refractivity contribution in [2.75, 3.05) is 11.9 Å². The summed E-state index contributed by atoms with van der Waals surface area (Å²) in [6.07, 6.45) is 1.07. The monoisotopic (exact) mass is 442 g/mol. The highest BCUT2D eigenvalue weighted by molar-refractivity contribution is 5.92. The Bertz CT molecular complexity index is 1240. The topological polar surface area (TPSA) is 64.4 Å². The average molecular weight is 443 g/mol. The van der Waals surface area contributed by atoms with E-state index in [0.29, 0.717) is 29.2 Å². The van der Waals surface area contributed by atoms with Crippen molar-refractivity contribution in [3.05, 3.63) is 77.9 Å². The van der Waals surface area contributed by atoms with Gasteiger partial charge in [-0.15, -0.1) is 0 Å². The second-order valence-corrected chi connectivity index (χ2v) is 8.70. The van der Waals surface area contributed by atoms with Gasteiger partial charge in [-0.1, -0.05) is 52.0 Å². The van der Waals surface area contributed by atoms with Gasteiger partial charge in [0.1, 0.15) is 11.3 Å². The molecule has 5 nitrogen and oxygen atoms in total. The van der Waals surface area contributed by atoms with E-state index < -0.39 is 0 Å². The van der Waals surface area contributed by atoms with E-state index >= 15 is 0 Å².